The molecule has 3 rings (SSSR count). The summed E-state index contributed by atoms with van der Waals surface area (Å²) in [6.45, 7) is 4.55. The van der Waals surface area contributed by atoms with Crippen LogP contribution >= 0.6 is 0 Å². The Bertz CT molecular complexity index is 671. The highest BCUT2D eigenvalue weighted by atomic mass is 16.5. The fourth-order valence-electron chi connectivity index (χ4n) is 3.94. The average Bonchev–Trinajstić information content (AvgIpc) is 3.14. The molecule has 27 heavy (non-hydrogen) atoms. The number of likely N-dealkylation sites (tertiary alicyclic amines) is 1. The number of ether oxygens (including phenoxy) is 2. The quantitative estimate of drug-likeness (QED) is 0.798. The number of benzene rings is 1. The Hall–Kier alpha value is -2.26. The van der Waals surface area contributed by atoms with Crippen LogP contribution in [0.4, 0.5) is 0 Å². The van der Waals surface area contributed by atoms with Crippen LogP contribution in [0.15, 0.2) is 24.3 Å². The van der Waals surface area contributed by atoms with E-state index in [0.717, 1.165) is 63.1 Å². The number of carbonyl (C=O) groups is 1. The van der Waals surface area contributed by atoms with Crippen LogP contribution in [0.5, 0.6) is 11.5 Å². The molecule has 1 saturated carbocycles. The van der Waals surface area contributed by atoms with Gasteiger partial charge in [0.25, 0.3) is 0 Å². The molecule has 2 fully saturated rings. The largest absolute Gasteiger partial charge is 0.490 e. The number of nitrogens with one attached hydrogen (secondary N) is 1. The highest BCUT2D eigenvalue weighted by molar-refractivity contribution is 5.79. The summed E-state index contributed by atoms with van der Waals surface area (Å²) < 4.78 is 11.8. The van der Waals surface area contributed by atoms with Crippen molar-refractivity contribution in [3.8, 4) is 17.6 Å². The topological polar surface area (TPSA) is 74.6 Å². The number of amides is 1. The van der Waals surface area contributed by atoms with Gasteiger partial charge < -0.3 is 14.8 Å². The van der Waals surface area contributed by atoms with Crippen LogP contribution in [0.1, 0.15) is 45.4 Å². The standard InChI is InChI=1S/C21H29N3O3/c1-2-26-18-7-3-4-8-19(18)27-17-9-13-24(14-10-17)15-20(25)23-21(16-22)11-5-6-12-21/h3-4,7-8,17H,2,5-6,9-15H2,1H3,(H,23,25). The van der Waals surface area contributed by atoms with Gasteiger partial charge >= 0.3 is 0 Å². The molecule has 0 atom stereocenters. The number of rotatable bonds is 7. The Morgan fingerprint density at radius 1 is 1.26 bits per heavy atom. The predicted octanol–water partition coefficient (Wildman–Crippen LogP) is 2.88. The van der Waals surface area contributed by atoms with Crippen molar-refractivity contribution in [3.05, 3.63) is 24.3 Å². The van der Waals surface area contributed by atoms with Crippen LogP contribution in [-0.4, -0.2) is 48.7 Å². The van der Waals surface area contributed by atoms with Crippen molar-refractivity contribution in [2.75, 3.05) is 26.2 Å². The van der Waals surface area contributed by atoms with Gasteiger partial charge in [0.15, 0.2) is 11.5 Å². The van der Waals surface area contributed by atoms with Gasteiger partial charge in [-0.25, -0.2) is 0 Å². The lowest BCUT2D eigenvalue weighted by molar-refractivity contribution is -0.124. The molecule has 0 radical (unpaired) electrons. The second-order valence-corrected chi connectivity index (χ2v) is 7.42. The maximum atomic E-state index is 12.4. The summed E-state index contributed by atoms with van der Waals surface area (Å²) in [4.78, 5) is 14.5. The molecule has 1 N–H and O–H groups in total. The third-order valence-electron chi connectivity index (χ3n) is 5.39. The lowest BCUT2D eigenvalue weighted by atomic mass is 10.00. The van der Waals surface area contributed by atoms with E-state index in [0.29, 0.717) is 13.2 Å². The van der Waals surface area contributed by atoms with Crippen LogP contribution in [0.3, 0.4) is 0 Å². The van der Waals surface area contributed by atoms with E-state index in [9.17, 15) is 10.1 Å². The molecule has 0 unspecified atom stereocenters. The average molecular weight is 371 g/mol. The zero-order valence-electron chi connectivity index (χ0n) is 16.1. The number of carbonyl (C=O) groups excluding carboxylic acids is 1. The number of nitriles is 1. The van der Waals surface area contributed by atoms with E-state index in [1.54, 1.807) is 0 Å². The summed E-state index contributed by atoms with van der Waals surface area (Å²) in [5, 5.41) is 12.4. The summed E-state index contributed by atoms with van der Waals surface area (Å²) >= 11 is 0. The fraction of sp³-hybridized carbons (Fsp3) is 0.619. The first-order valence-corrected chi connectivity index (χ1v) is 9.97. The molecule has 6 heteroatoms. The van der Waals surface area contributed by atoms with Crippen molar-refractivity contribution in [2.45, 2.75) is 57.1 Å². The van der Waals surface area contributed by atoms with Crippen molar-refractivity contribution in [1.29, 1.82) is 5.26 Å². The van der Waals surface area contributed by atoms with Gasteiger partial charge in [0, 0.05) is 13.1 Å². The molecule has 6 nitrogen and oxygen atoms in total. The van der Waals surface area contributed by atoms with Gasteiger partial charge in [0.2, 0.25) is 5.91 Å². The van der Waals surface area contributed by atoms with Crippen molar-refractivity contribution < 1.29 is 14.3 Å². The molecule has 0 aromatic heterocycles. The Kier molecular flexibility index (Phi) is 6.57. The molecule has 1 aliphatic carbocycles. The molecular formula is C21H29N3O3. The van der Waals surface area contributed by atoms with E-state index >= 15 is 0 Å². The molecule has 1 heterocycles. The Balaban J connectivity index is 1.45. The maximum absolute atomic E-state index is 12.4. The minimum Gasteiger partial charge on any atom is -0.490 e. The van der Waals surface area contributed by atoms with Crippen molar-refractivity contribution >= 4 is 5.91 Å². The Morgan fingerprint density at radius 3 is 2.56 bits per heavy atom. The Morgan fingerprint density at radius 2 is 1.93 bits per heavy atom. The third-order valence-corrected chi connectivity index (χ3v) is 5.39. The van der Waals surface area contributed by atoms with Crippen LogP contribution in [0, 0.1) is 11.3 Å². The molecule has 1 amide bonds. The molecular weight excluding hydrogens is 342 g/mol. The molecule has 1 aromatic carbocycles. The van der Waals surface area contributed by atoms with E-state index in [1.807, 2.05) is 31.2 Å². The molecule has 2 aliphatic rings. The summed E-state index contributed by atoms with van der Waals surface area (Å²) in [6.07, 6.45) is 5.44. The van der Waals surface area contributed by atoms with Gasteiger partial charge in [0.05, 0.1) is 19.2 Å². The number of para-hydroxylation sites is 2. The molecule has 0 bridgehead atoms. The van der Waals surface area contributed by atoms with E-state index < -0.39 is 5.54 Å². The van der Waals surface area contributed by atoms with E-state index in [1.165, 1.54) is 0 Å². The smallest absolute Gasteiger partial charge is 0.235 e. The van der Waals surface area contributed by atoms with Crippen LogP contribution < -0.4 is 14.8 Å². The maximum Gasteiger partial charge on any atom is 0.235 e. The molecule has 0 spiro atoms. The van der Waals surface area contributed by atoms with Crippen LogP contribution in [0.25, 0.3) is 0 Å². The van der Waals surface area contributed by atoms with Crippen molar-refractivity contribution in [1.82, 2.24) is 10.2 Å². The first-order valence-electron chi connectivity index (χ1n) is 9.97. The van der Waals surface area contributed by atoms with E-state index in [2.05, 4.69) is 16.3 Å². The van der Waals surface area contributed by atoms with Gasteiger partial charge in [-0.2, -0.15) is 5.26 Å². The highest BCUT2D eigenvalue weighted by Crippen LogP contribution is 2.30. The number of nitrogens with zero attached hydrogens (tertiary/aromatic N) is 2. The number of piperidine rings is 1. The lowest BCUT2D eigenvalue weighted by Gasteiger charge is -2.32. The highest BCUT2D eigenvalue weighted by Gasteiger charge is 2.35. The third kappa shape index (κ3) is 5.14. The van der Waals surface area contributed by atoms with Crippen LogP contribution in [-0.2, 0) is 4.79 Å². The summed E-state index contributed by atoms with van der Waals surface area (Å²) in [6, 6.07) is 10.1. The van der Waals surface area contributed by atoms with Crippen molar-refractivity contribution in [2.24, 2.45) is 0 Å². The Labute approximate surface area is 161 Å². The second kappa shape index (κ2) is 9.09. The number of hydrogen-bond acceptors (Lipinski definition) is 5. The molecule has 1 aliphatic heterocycles. The van der Waals surface area contributed by atoms with Crippen molar-refractivity contribution in [3.63, 3.8) is 0 Å². The fourth-order valence-corrected chi connectivity index (χ4v) is 3.94. The van der Waals surface area contributed by atoms with Crippen LogP contribution in [0.2, 0.25) is 0 Å². The molecule has 1 saturated heterocycles. The minimum atomic E-state index is -0.637. The lowest BCUT2D eigenvalue weighted by Crippen LogP contribution is -2.50. The van der Waals surface area contributed by atoms with Gasteiger partial charge in [-0.3, -0.25) is 9.69 Å². The van der Waals surface area contributed by atoms with Gasteiger partial charge in [-0.1, -0.05) is 12.1 Å². The summed E-state index contributed by atoms with van der Waals surface area (Å²) in [7, 11) is 0. The summed E-state index contributed by atoms with van der Waals surface area (Å²) in [5.41, 5.74) is -0.637. The van der Waals surface area contributed by atoms with Gasteiger partial charge in [0.1, 0.15) is 11.6 Å². The minimum absolute atomic E-state index is 0.0421. The number of hydrogen-bond donors (Lipinski definition) is 1. The molecule has 146 valence electrons. The SMILES string of the molecule is CCOc1ccccc1OC1CCN(CC(=O)NC2(C#N)CCCC2)CC1. The van der Waals surface area contributed by atoms with E-state index in [4.69, 9.17) is 9.47 Å². The second-order valence-electron chi connectivity index (χ2n) is 7.42. The normalized spacial score (nSPS) is 20.0. The zero-order chi connectivity index (χ0) is 19.1. The first kappa shape index (κ1) is 19.5. The molecule has 1 aromatic rings. The monoisotopic (exact) mass is 371 g/mol. The zero-order valence-corrected chi connectivity index (χ0v) is 16.1. The first-order chi connectivity index (χ1) is 13.1. The summed E-state index contributed by atoms with van der Waals surface area (Å²) in [5.74, 6) is 1.52. The van der Waals surface area contributed by atoms with E-state index in [-0.39, 0.29) is 12.0 Å². The predicted molar refractivity (Wildman–Crippen MR) is 103 cm³/mol. The van der Waals surface area contributed by atoms with Gasteiger partial charge in [-0.15, -0.1) is 0 Å². The van der Waals surface area contributed by atoms with Gasteiger partial charge in [-0.05, 0) is 57.6 Å².